The first-order valence-electron chi connectivity index (χ1n) is 2.70. The van der Waals surface area contributed by atoms with Crippen LogP contribution in [0.1, 0.15) is 6.92 Å². The molecule has 0 amide bonds. The Kier molecular flexibility index (Phi) is 1.25. The molecule has 1 rings (SSSR count). The Labute approximate surface area is 52.0 Å². The second kappa shape index (κ2) is 1.64. The van der Waals surface area contributed by atoms with Gasteiger partial charge in [0.25, 0.3) is 5.92 Å². The third-order valence-corrected chi connectivity index (χ3v) is 1.52. The standard InChI is InChI=1S/C5H9F2NO/c1-4(8)2-9-3-5(4,6)7/h2-3,8H2,1H3/t4-/m0/s1. The average Bonchev–Trinajstić information content (AvgIpc) is 1.81. The largest absolute Gasteiger partial charge is 0.373 e. The van der Waals surface area contributed by atoms with Gasteiger partial charge in [-0.05, 0) is 6.92 Å². The molecular weight excluding hydrogens is 128 g/mol. The van der Waals surface area contributed by atoms with Crippen LogP contribution < -0.4 is 5.73 Å². The minimum atomic E-state index is -2.85. The molecule has 54 valence electrons. The molecule has 1 atom stereocenters. The first-order chi connectivity index (χ1) is 3.96. The lowest BCUT2D eigenvalue weighted by atomic mass is 10.00. The van der Waals surface area contributed by atoms with E-state index in [9.17, 15) is 8.78 Å². The molecule has 0 unspecified atom stereocenters. The molecule has 0 aromatic rings. The molecule has 9 heavy (non-hydrogen) atoms. The topological polar surface area (TPSA) is 35.2 Å². The van der Waals surface area contributed by atoms with Crippen LogP contribution >= 0.6 is 0 Å². The minimum absolute atomic E-state index is 0.0556. The molecule has 0 aliphatic carbocycles. The van der Waals surface area contributed by atoms with E-state index >= 15 is 0 Å². The SMILES string of the molecule is C[C@]1(N)COCC1(F)F. The number of nitrogens with two attached hydrogens (primary N) is 1. The maximum atomic E-state index is 12.5. The Balaban J connectivity index is 2.75. The smallest absolute Gasteiger partial charge is 0.290 e. The summed E-state index contributed by atoms with van der Waals surface area (Å²) in [6, 6.07) is 0. The zero-order valence-corrected chi connectivity index (χ0v) is 5.16. The first-order valence-corrected chi connectivity index (χ1v) is 2.70. The zero-order valence-electron chi connectivity index (χ0n) is 5.16. The molecule has 0 aromatic carbocycles. The van der Waals surface area contributed by atoms with Gasteiger partial charge >= 0.3 is 0 Å². The van der Waals surface area contributed by atoms with E-state index in [1.165, 1.54) is 6.92 Å². The molecule has 1 aliphatic heterocycles. The van der Waals surface area contributed by atoms with Gasteiger partial charge in [-0.3, -0.25) is 0 Å². The highest BCUT2D eigenvalue weighted by atomic mass is 19.3. The molecule has 2 nitrogen and oxygen atoms in total. The van der Waals surface area contributed by atoms with E-state index in [4.69, 9.17) is 5.73 Å². The lowest BCUT2D eigenvalue weighted by Gasteiger charge is -2.22. The third-order valence-electron chi connectivity index (χ3n) is 1.52. The van der Waals surface area contributed by atoms with Gasteiger partial charge in [-0.2, -0.15) is 0 Å². The van der Waals surface area contributed by atoms with E-state index in [1.807, 2.05) is 0 Å². The Morgan fingerprint density at radius 2 is 2.00 bits per heavy atom. The van der Waals surface area contributed by atoms with Crippen LogP contribution in [0, 0.1) is 0 Å². The van der Waals surface area contributed by atoms with Gasteiger partial charge in [0.1, 0.15) is 12.1 Å². The van der Waals surface area contributed by atoms with E-state index in [2.05, 4.69) is 4.74 Å². The third kappa shape index (κ3) is 0.923. The molecule has 0 saturated carbocycles. The Morgan fingerprint density at radius 3 is 2.11 bits per heavy atom. The minimum Gasteiger partial charge on any atom is -0.373 e. The van der Waals surface area contributed by atoms with Crippen molar-refractivity contribution < 1.29 is 13.5 Å². The van der Waals surface area contributed by atoms with Crippen molar-refractivity contribution in [3.05, 3.63) is 0 Å². The van der Waals surface area contributed by atoms with E-state index in [1.54, 1.807) is 0 Å². The number of hydrogen-bond acceptors (Lipinski definition) is 2. The molecule has 1 fully saturated rings. The molecule has 0 spiro atoms. The summed E-state index contributed by atoms with van der Waals surface area (Å²) >= 11 is 0. The highest BCUT2D eigenvalue weighted by molar-refractivity contribution is 4.98. The second-order valence-corrected chi connectivity index (χ2v) is 2.61. The van der Waals surface area contributed by atoms with Crippen molar-refractivity contribution in [2.45, 2.75) is 18.4 Å². The number of ether oxygens (including phenoxy) is 1. The summed E-state index contributed by atoms with van der Waals surface area (Å²) in [4.78, 5) is 0. The summed E-state index contributed by atoms with van der Waals surface area (Å²) in [7, 11) is 0. The van der Waals surface area contributed by atoms with Crippen LogP contribution in [0.15, 0.2) is 0 Å². The number of halogens is 2. The van der Waals surface area contributed by atoms with E-state index in [0.29, 0.717) is 0 Å². The van der Waals surface area contributed by atoms with Gasteiger partial charge in [0.15, 0.2) is 0 Å². The summed E-state index contributed by atoms with van der Waals surface area (Å²) in [6.45, 7) is 0.694. The van der Waals surface area contributed by atoms with Crippen molar-refractivity contribution >= 4 is 0 Å². The van der Waals surface area contributed by atoms with Crippen LogP contribution in [0.4, 0.5) is 8.78 Å². The molecule has 1 aliphatic rings. The summed E-state index contributed by atoms with van der Waals surface area (Å²) in [6.07, 6.45) is 0. The van der Waals surface area contributed by atoms with Gasteiger partial charge in [-0.1, -0.05) is 0 Å². The fourth-order valence-electron chi connectivity index (χ4n) is 0.662. The Morgan fingerprint density at radius 1 is 1.44 bits per heavy atom. The molecule has 0 radical (unpaired) electrons. The molecule has 2 N–H and O–H groups in total. The van der Waals surface area contributed by atoms with E-state index in [0.717, 1.165) is 0 Å². The van der Waals surface area contributed by atoms with Gasteiger partial charge in [-0.25, -0.2) is 8.78 Å². The molecule has 4 heteroatoms. The van der Waals surface area contributed by atoms with Crippen LogP contribution in [0.3, 0.4) is 0 Å². The summed E-state index contributed by atoms with van der Waals surface area (Å²) < 4.78 is 29.4. The lowest BCUT2D eigenvalue weighted by molar-refractivity contribution is -0.0428. The number of hydrogen-bond donors (Lipinski definition) is 1. The number of alkyl halides is 2. The van der Waals surface area contributed by atoms with Gasteiger partial charge in [0.05, 0.1) is 6.61 Å². The highest BCUT2D eigenvalue weighted by Gasteiger charge is 2.52. The fourth-order valence-corrected chi connectivity index (χ4v) is 0.662. The molecule has 0 aromatic heterocycles. The van der Waals surface area contributed by atoms with Crippen molar-refractivity contribution in [2.24, 2.45) is 5.73 Å². The van der Waals surface area contributed by atoms with Crippen molar-refractivity contribution in [1.82, 2.24) is 0 Å². The number of rotatable bonds is 0. The monoisotopic (exact) mass is 137 g/mol. The second-order valence-electron chi connectivity index (χ2n) is 2.61. The molecular formula is C5H9F2NO. The van der Waals surface area contributed by atoms with Gasteiger partial charge in [0.2, 0.25) is 0 Å². The van der Waals surface area contributed by atoms with Crippen LogP contribution in [0.5, 0.6) is 0 Å². The summed E-state index contributed by atoms with van der Waals surface area (Å²) in [5.74, 6) is -2.85. The van der Waals surface area contributed by atoms with Crippen LogP contribution in [0.2, 0.25) is 0 Å². The Hall–Kier alpha value is -0.220. The normalized spacial score (nSPS) is 41.3. The van der Waals surface area contributed by atoms with Gasteiger partial charge in [-0.15, -0.1) is 0 Å². The lowest BCUT2D eigenvalue weighted by Crippen LogP contribution is -2.52. The van der Waals surface area contributed by atoms with Gasteiger partial charge in [0, 0.05) is 0 Å². The van der Waals surface area contributed by atoms with Crippen LogP contribution in [0.25, 0.3) is 0 Å². The van der Waals surface area contributed by atoms with Gasteiger partial charge < -0.3 is 10.5 Å². The highest BCUT2D eigenvalue weighted by Crippen LogP contribution is 2.32. The first kappa shape index (κ1) is 6.89. The van der Waals surface area contributed by atoms with Crippen molar-refractivity contribution in [2.75, 3.05) is 13.2 Å². The predicted molar refractivity (Wildman–Crippen MR) is 28.4 cm³/mol. The molecule has 1 saturated heterocycles. The zero-order chi connectivity index (χ0) is 7.12. The Bertz CT molecular complexity index is 110. The molecule has 1 heterocycles. The van der Waals surface area contributed by atoms with Crippen molar-refractivity contribution in [3.8, 4) is 0 Å². The summed E-state index contributed by atoms with van der Waals surface area (Å²) in [5, 5.41) is 0. The molecule has 0 bridgehead atoms. The predicted octanol–water partition coefficient (Wildman–Crippen LogP) is 0.369. The quantitative estimate of drug-likeness (QED) is 0.523. The maximum Gasteiger partial charge on any atom is 0.290 e. The summed E-state index contributed by atoms with van der Waals surface area (Å²) in [5.41, 5.74) is 3.72. The van der Waals surface area contributed by atoms with Crippen LogP contribution in [-0.4, -0.2) is 24.7 Å². The van der Waals surface area contributed by atoms with Crippen molar-refractivity contribution in [1.29, 1.82) is 0 Å². The maximum absolute atomic E-state index is 12.5. The van der Waals surface area contributed by atoms with Crippen molar-refractivity contribution in [3.63, 3.8) is 0 Å². The van der Waals surface area contributed by atoms with Crippen LogP contribution in [-0.2, 0) is 4.74 Å². The van der Waals surface area contributed by atoms with E-state index < -0.39 is 18.1 Å². The average molecular weight is 137 g/mol. The fraction of sp³-hybridized carbons (Fsp3) is 1.00. The van der Waals surface area contributed by atoms with E-state index in [-0.39, 0.29) is 6.61 Å².